The first-order chi connectivity index (χ1) is 19.5. The molecule has 2 aliphatic rings. The summed E-state index contributed by atoms with van der Waals surface area (Å²) in [6.07, 6.45) is 10.9. The number of para-hydroxylation sites is 1. The van der Waals surface area contributed by atoms with Crippen molar-refractivity contribution in [3.8, 4) is 5.69 Å². The van der Waals surface area contributed by atoms with Crippen LogP contribution in [-0.2, 0) is 10.0 Å². The van der Waals surface area contributed by atoms with E-state index in [9.17, 15) is 13.2 Å². The van der Waals surface area contributed by atoms with E-state index in [1.807, 2.05) is 64.5 Å². The fourth-order valence-electron chi connectivity index (χ4n) is 5.25. The Morgan fingerprint density at radius 1 is 0.925 bits per heavy atom. The molecule has 6 rings (SSSR count). The van der Waals surface area contributed by atoms with Crippen molar-refractivity contribution in [3.05, 3.63) is 96.7 Å². The van der Waals surface area contributed by atoms with E-state index in [0.717, 1.165) is 49.1 Å². The van der Waals surface area contributed by atoms with E-state index in [4.69, 9.17) is 9.52 Å². The van der Waals surface area contributed by atoms with Crippen molar-refractivity contribution in [1.82, 2.24) is 19.8 Å². The van der Waals surface area contributed by atoms with E-state index in [0.29, 0.717) is 17.9 Å². The summed E-state index contributed by atoms with van der Waals surface area (Å²) in [7, 11) is -4.03. The highest BCUT2D eigenvalue weighted by Crippen LogP contribution is 2.37. The molecule has 1 unspecified atom stereocenters. The highest BCUT2D eigenvalue weighted by Gasteiger charge is 2.32. The second-order valence-corrected chi connectivity index (χ2v) is 11.7. The zero-order chi connectivity index (χ0) is 27.5. The molecule has 1 aliphatic heterocycles. The van der Waals surface area contributed by atoms with Gasteiger partial charge in [0.15, 0.2) is 0 Å². The molecule has 11 heteroatoms. The first-order valence-electron chi connectivity index (χ1n) is 13.4. The van der Waals surface area contributed by atoms with E-state index >= 15 is 0 Å². The van der Waals surface area contributed by atoms with Crippen molar-refractivity contribution in [2.75, 3.05) is 5.01 Å². The number of urea groups is 1. The number of rotatable bonds is 7. The Hall–Kier alpha value is -4.38. The van der Waals surface area contributed by atoms with Gasteiger partial charge in [0.2, 0.25) is 0 Å². The lowest BCUT2D eigenvalue weighted by molar-refractivity contribution is 0.237. The number of sulfonamides is 1. The van der Waals surface area contributed by atoms with E-state index < -0.39 is 16.1 Å². The predicted octanol–water partition coefficient (Wildman–Crippen LogP) is 5.14. The van der Waals surface area contributed by atoms with Crippen LogP contribution in [-0.4, -0.2) is 36.0 Å². The van der Waals surface area contributed by atoms with Crippen LogP contribution >= 0.6 is 0 Å². The fraction of sp³-hybridized carbons (Fsp3) is 0.276. The summed E-state index contributed by atoms with van der Waals surface area (Å²) in [6.45, 7) is 0. The molecule has 10 nitrogen and oxygen atoms in total. The van der Waals surface area contributed by atoms with Gasteiger partial charge in [0.05, 0.1) is 34.8 Å². The molecular weight excluding hydrogens is 528 g/mol. The summed E-state index contributed by atoms with van der Waals surface area (Å²) in [5.41, 5.74) is 3.37. The number of hydrogen-bond acceptors (Lipinski definition) is 7. The van der Waals surface area contributed by atoms with Crippen LogP contribution in [0.1, 0.15) is 55.9 Å². The summed E-state index contributed by atoms with van der Waals surface area (Å²) in [4.78, 5) is 12.4. The Balaban J connectivity index is 1.23. The number of furan rings is 1. The molecule has 0 radical (unpaired) electrons. The van der Waals surface area contributed by atoms with Gasteiger partial charge < -0.3 is 9.73 Å². The van der Waals surface area contributed by atoms with Crippen LogP contribution in [0.5, 0.6) is 0 Å². The van der Waals surface area contributed by atoms with Crippen LogP contribution in [0.15, 0.2) is 99.8 Å². The minimum absolute atomic E-state index is 0.00192. The first-order valence-corrected chi connectivity index (χ1v) is 14.9. The maximum Gasteiger partial charge on any atom is 0.328 e. The van der Waals surface area contributed by atoms with Gasteiger partial charge in [0.25, 0.3) is 10.0 Å². The summed E-state index contributed by atoms with van der Waals surface area (Å²) >= 11 is 0. The highest BCUT2D eigenvalue weighted by atomic mass is 32.2. The van der Waals surface area contributed by atoms with Gasteiger partial charge >= 0.3 is 6.03 Å². The molecule has 1 saturated carbocycles. The van der Waals surface area contributed by atoms with Gasteiger partial charge in [-0.05, 0) is 61.4 Å². The molecule has 2 N–H and O–H groups in total. The van der Waals surface area contributed by atoms with Crippen LogP contribution in [0.4, 0.5) is 10.5 Å². The van der Waals surface area contributed by atoms with Gasteiger partial charge in [0.1, 0.15) is 11.5 Å². The van der Waals surface area contributed by atoms with Gasteiger partial charge in [-0.3, -0.25) is 5.01 Å². The third kappa shape index (κ3) is 5.50. The zero-order valence-electron chi connectivity index (χ0n) is 21.8. The van der Waals surface area contributed by atoms with Crippen LogP contribution in [0.3, 0.4) is 0 Å². The molecule has 4 aromatic rings. The summed E-state index contributed by atoms with van der Waals surface area (Å²) < 4.78 is 35.4. The molecule has 2 aromatic carbocycles. The van der Waals surface area contributed by atoms with Crippen molar-refractivity contribution in [3.63, 3.8) is 0 Å². The molecule has 1 fully saturated rings. The summed E-state index contributed by atoms with van der Waals surface area (Å²) in [5, 5.41) is 14.0. The van der Waals surface area contributed by atoms with Gasteiger partial charge in [-0.1, -0.05) is 37.5 Å². The number of carbonyl (C=O) groups excluding carboxylic acids is 1. The molecule has 40 heavy (non-hydrogen) atoms. The molecule has 2 amide bonds. The van der Waals surface area contributed by atoms with Crippen LogP contribution in [0.2, 0.25) is 0 Å². The standard InChI is InChI=1S/C29H30N6O4S/c36-29(31-22-8-3-1-4-9-22)33-40(37,38)25-15-13-24(14-16-25)35-27(18-26(32-35)28-12-7-17-39-28)21-19-30-34(20-21)23-10-5-2-6-11-23/h2,5-7,10-17,19-20,22,27H,1,3-4,8-9,18H2,(H2,31,33,36). The average molecular weight is 559 g/mol. The number of nitrogens with zero attached hydrogens (tertiary/aromatic N) is 4. The monoisotopic (exact) mass is 558 g/mol. The third-order valence-corrected chi connectivity index (χ3v) is 8.65. The normalized spacial score (nSPS) is 17.9. The van der Waals surface area contributed by atoms with Gasteiger partial charge in [-0.2, -0.15) is 10.2 Å². The molecular formula is C29H30N6O4S. The quantitative estimate of drug-likeness (QED) is 0.324. The number of aromatic nitrogens is 2. The molecule has 1 atom stereocenters. The summed E-state index contributed by atoms with van der Waals surface area (Å²) in [5.74, 6) is 0.676. The van der Waals surface area contributed by atoms with Crippen LogP contribution in [0.25, 0.3) is 5.69 Å². The number of carbonyl (C=O) groups is 1. The Morgan fingerprint density at radius 2 is 1.70 bits per heavy atom. The smallest absolute Gasteiger partial charge is 0.328 e. The Morgan fingerprint density at radius 3 is 2.42 bits per heavy atom. The maximum absolute atomic E-state index is 12.9. The molecule has 0 spiro atoms. The van der Waals surface area contributed by atoms with Gasteiger partial charge in [-0.15, -0.1) is 0 Å². The molecule has 2 aromatic heterocycles. The lowest BCUT2D eigenvalue weighted by atomic mass is 9.96. The van der Waals surface area contributed by atoms with Gasteiger partial charge in [-0.25, -0.2) is 22.6 Å². The van der Waals surface area contributed by atoms with Gasteiger partial charge in [0, 0.05) is 24.2 Å². The molecule has 206 valence electrons. The number of nitrogens with one attached hydrogen (secondary N) is 2. The van der Waals surface area contributed by atoms with E-state index in [1.54, 1.807) is 18.4 Å². The van der Waals surface area contributed by atoms with E-state index in [2.05, 4.69) is 15.1 Å². The third-order valence-electron chi connectivity index (χ3n) is 7.30. The van der Waals surface area contributed by atoms with Crippen molar-refractivity contribution >= 4 is 27.5 Å². The number of hydrazone groups is 1. The Labute approximate surface area is 232 Å². The average Bonchev–Trinajstić information content (AvgIpc) is 3.75. The molecule has 0 saturated heterocycles. The minimum atomic E-state index is -4.03. The minimum Gasteiger partial charge on any atom is -0.463 e. The van der Waals surface area contributed by atoms with Crippen molar-refractivity contribution in [2.24, 2.45) is 5.10 Å². The second-order valence-electron chi connectivity index (χ2n) is 10.1. The van der Waals surface area contributed by atoms with Crippen LogP contribution < -0.4 is 15.0 Å². The van der Waals surface area contributed by atoms with E-state index in [-0.39, 0.29) is 17.0 Å². The van der Waals surface area contributed by atoms with Crippen molar-refractivity contribution in [1.29, 1.82) is 0 Å². The molecule has 3 heterocycles. The Kier molecular flexibility index (Phi) is 7.12. The SMILES string of the molecule is O=C(NC1CCCCC1)NS(=O)(=O)c1ccc(N2N=C(c3ccco3)CC2c2cnn(-c3ccccc3)c2)cc1. The lowest BCUT2D eigenvalue weighted by Crippen LogP contribution is -2.45. The molecule has 1 aliphatic carbocycles. The predicted molar refractivity (Wildman–Crippen MR) is 151 cm³/mol. The molecule has 0 bridgehead atoms. The summed E-state index contributed by atoms with van der Waals surface area (Å²) in [6, 6.07) is 19.0. The van der Waals surface area contributed by atoms with Crippen molar-refractivity contribution < 1.29 is 17.6 Å². The first kappa shape index (κ1) is 25.9. The fourth-order valence-corrected chi connectivity index (χ4v) is 6.17. The van der Waals surface area contributed by atoms with Crippen LogP contribution in [0, 0.1) is 0 Å². The number of anilines is 1. The maximum atomic E-state index is 12.9. The largest absolute Gasteiger partial charge is 0.463 e. The van der Waals surface area contributed by atoms with Crippen molar-refractivity contribution in [2.45, 2.75) is 55.5 Å². The zero-order valence-corrected chi connectivity index (χ0v) is 22.6. The second kappa shape index (κ2) is 11.0. The number of benzene rings is 2. The Bertz CT molecular complexity index is 1590. The van der Waals surface area contributed by atoms with E-state index in [1.165, 1.54) is 12.1 Å². The highest BCUT2D eigenvalue weighted by molar-refractivity contribution is 7.90. The lowest BCUT2D eigenvalue weighted by Gasteiger charge is -2.23. The topological polar surface area (TPSA) is 122 Å². The number of hydrogen-bond donors (Lipinski definition) is 2. The number of amides is 2.